The fourth-order valence-corrected chi connectivity index (χ4v) is 3.73. The second-order valence-electron chi connectivity index (χ2n) is 8.03. The van der Waals surface area contributed by atoms with Crippen LogP contribution in [0.1, 0.15) is 55.8 Å². The van der Waals surface area contributed by atoms with Crippen LogP contribution < -0.4 is 5.32 Å². The van der Waals surface area contributed by atoms with E-state index in [0.717, 1.165) is 40.9 Å². The third-order valence-electron chi connectivity index (χ3n) is 5.13. The molecule has 0 aliphatic heterocycles. The average Bonchev–Trinajstić information content (AvgIpc) is 2.76. The minimum atomic E-state index is -0.162. The number of hydrogen-bond acceptors (Lipinski definition) is 4. The zero-order valence-corrected chi connectivity index (χ0v) is 19.5. The Balaban J connectivity index is 0.00000141. The van der Waals surface area contributed by atoms with E-state index < -0.39 is 0 Å². The third-order valence-corrected chi connectivity index (χ3v) is 5.13. The number of nitrogens with one attached hydrogen (secondary N) is 1. The van der Waals surface area contributed by atoms with Crippen molar-refractivity contribution in [2.24, 2.45) is 0 Å². The molecule has 5 nitrogen and oxygen atoms in total. The van der Waals surface area contributed by atoms with E-state index in [2.05, 4.69) is 30.4 Å². The van der Waals surface area contributed by atoms with Gasteiger partial charge in [-0.15, -0.1) is 0 Å². The lowest BCUT2D eigenvalue weighted by molar-refractivity contribution is -0.115. The molecule has 1 aromatic heterocycles. The first kappa shape index (κ1) is 23.2. The van der Waals surface area contributed by atoms with Crippen LogP contribution in [0.4, 0.5) is 5.82 Å². The van der Waals surface area contributed by atoms with Crippen molar-refractivity contribution in [2.75, 3.05) is 5.32 Å². The van der Waals surface area contributed by atoms with E-state index in [-0.39, 0.29) is 18.1 Å². The van der Waals surface area contributed by atoms with Crippen LogP contribution in [0.15, 0.2) is 48.0 Å². The normalized spacial score (nSPS) is 11.4. The molecule has 166 valence electrons. The minimum absolute atomic E-state index is 0.162. The van der Waals surface area contributed by atoms with E-state index in [1.807, 2.05) is 33.8 Å². The maximum Gasteiger partial charge on any atom is 0.230 e. The van der Waals surface area contributed by atoms with Crippen molar-refractivity contribution in [3.8, 4) is 17.0 Å². The van der Waals surface area contributed by atoms with Crippen LogP contribution >= 0.6 is 0 Å². The summed E-state index contributed by atoms with van der Waals surface area (Å²) in [6.45, 7) is 10.1. The molecule has 0 atom stereocenters. The van der Waals surface area contributed by atoms with E-state index in [4.69, 9.17) is 9.97 Å². The summed E-state index contributed by atoms with van der Waals surface area (Å²) in [5.41, 5.74) is 8.05. The van der Waals surface area contributed by atoms with E-state index in [9.17, 15) is 9.90 Å². The molecule has 2 aromatic carbocycles. The van der Waals surface area contributed by atoms with Gasteiger partial charge in [-0.05, 0) is 62.9 Å². The first-order valence-electron chi connectivity index (χ1n) is 11.1. The molecule has 0 spiro atoms. The van der Waals surface area contributed by atoms with Crippen LogP contribution in [0.25, 0.3) is 17.3 Å². The largest absolute Gasteiger partial charge is 0.508 e. The highest BCUT2D eigenvalue weighted by Gasteiger charge is 2.22. The Morgan fingerprint density at radius 3 is 2.47 bits per heavy atom. The number of carbonyl (C=O) groups is 1. The molecular formula is C27H31N3O2. The van der Waals surface area contributed by atoms with Crippen molar-refractivity contribution >= 4 is 17.8 Å². The number of hydrogen-bond donors (Lipinski definition) is 2. The van der Waals surface area contributed by atoms with Crippen LogP contribution in [0.5, 0.6) is 5.75 Å². The average molecular weight is 430 g/mol. The van der Waals surface area contributed by atoms with Gasteiger partial charge >= 0.3 is 0 Å². The van der Waals surface area contributed by atoms with Crippen molar-refractivity contribution < 1.29 is 9.90 Å². The van der Waals surface area contributed by atoms with Gasteiger partial charge in [-0.3, -0.25) is 4.79 Å². The summed E-state index contributed by atoms with van der Waals surface area (Å²) in [7, 11) is 0. The molecule has 1 heterocycles. The molecule has 1 amide bonds. The second kappa shape index (κ2) is 10.2. The lowest BCUT2D eigenvalue weighted by Gasteiger charge is -2.21. The van der Waals surface area contributed by atoms with Crippen LogP contribution in [-0.2, 0) is 24.1 Å². The van der Waals surface area contributed by atoms with Crippen LogP contribution in [-0.4, -0.2) is 21.0 Å². The molecule has 1 aliphatic rings. The summed E-state index contributed by atoms with van der Waals surface area (Å²) in [6, 6.07) is 13.1. The molecule has 2 N–H and O–H groups in total. The fourth-order valence-electron chi connectivity index (χ4n) is 3.73. The zero-order valence-electron chi connectivity index (χ0n) is 19.5. The molecule has 0 bridgehead atoms. The quantitative estimate of drug-likeness (QED) is 0.542. The number of carbonyl (C=O) groups excluding carboxylic acids is 1. The number of amides is 1. The summed E-state index contributed by atoms with van der Waals surface area (Å²) in [5, 5.41) is 12.4. The van der Waals surface area contributed by atoms with Gasteiger partial charge in [0.2, 0.25) is 5.91 Å². The number of aromatic hydroxyl groups is 1. The molecule has 0 saturated heterocycles. The number of phenolic OH excluding ortho intramolecular Hbond substituents is 1. The number of nitrogens with zero attached hydrogens (tertiary/aromatic N) is 2. The van der Waals surface area contributed by atoms with Gasteiger partial charge in [-0.2, -0.15) is 0 Å². The third kappa shape index (κ3) is 5.41. The van der Waals surface area contributed by atoms with Crippen molar-refractivity contribution in [3.63, 3.8) is 0 Å². The molecule has 0 unspecified atom stereocenters. The van der Waals surface area contributed by atoms with E-state index in [1.54, 1.807) is 24.3 Å². The molecule has 1 aliphatic carbocycles. The van der Waals surface area contributed by atoms with Crippen molar-refractivity contribution in [1.82, 2.24) is 9.97 Å². The number of rotatable bonds is 4. The fraction of sp³-hybridized carbons (Fsp3) is 0.296. The molecule has 4 rings (SSSR count). The molecule has 0 radical (unpaired) electrons. The smallest absolute Gasteiger partial charge is 0.230 e. The Labute approximate surface area is 190 Å². The number of phenols is 1. The first-order valence-corrected chi connectivity index (χ1v) is 11.1. The van der Waals surface area contributed by atoms with E-state index >= 15 is 0 Å². The van der Waals surface area contributed by atoms with Gasteiger partial charge in [0.15, 0.2) is 5.82 Å². The number of aryl methyl sites for hydroxylation is 3. The molecule has 5 heteroatoms. The topological polar surface area (TPSA) is 75.1 Å². The maximum atomic E-state index is 12.6. The number of benzene rings is 2. The molecule has 32 heavy (non-hydrogen) atoms. The van der Waals surface area contributed by atoms with E-state index in [0.29, 0.717) is 11.5 Å². The van der Waals surface area contributed by atoms with Crippen LogP contribution in [0.3, 0.4) is 0 Å². The molecule has 0 saturated carbocycles. The minimum Gasteiger partial charge on any atom is -0.508 e. The predicted octanol–water partition coefficient (Wildman–Crippen LogP) is 5.89. The highest BCUT2D eigenvalue weighted by Crippen LogP contribution is 2.33. The van der Waals surface area contributed by atoms with Crippen LogP contribution in [0, 0.1) is 6.92 Å². The zero-order chi connectivity index (χ0) is 23.3. The summed E-state index contributed by atoms with van der Waals surface area (Å²) >= 11 is 0. The Kier molecular flexibility index (Phi) is 7.41. The van der Waals surface area contributed by atoms with Gasteiger partial charge in [0.25, 0.3) is 0 Å². The Bertz CT molecular complexity index is 1140. The summed E-state index contributed by atoms with van der Waals surface area (Å²) in [5.74, 6) is 0.514. The summed E-state index contributed by atoms with van der Waals surface area (Å²) in [6.07, 6.45) is 3.87. The molecule has 3 aromatic rings. The highest BCUT2D eigenvalue weighted by atomic mass is 16.3. The predicted molar refractivity (Wildman–Crippen MR) is 131 cm³/mol. The Morgan fingerprint density at radius 1 is 1.06 bits per heavy atom. The number of allylic oxidation sites excluding steroid dienone is 1. The van der Waals surface area contributed by atoms with Crippen molar-refractivity contribution in [3.05, 3.63) is 76.1 Å². The van der Waals surface area contributed by atoms with Gasteiger partial charge in [-0.1, -0.05) is 55.3 Å². The lowest BCUT2D eigenvalue weighted by atomic mass is 9.90. The number of fused-ring (bicyclic) bond motifs is 3. The Hall–Kier alpha value is -3.47. The second-order valence-corrected chi connectivity index (χ2v) is 8.03. The van der Waals surface area contributed by atoms with Gasteiger partial charge in [0.1, 0.15) is 11.4 Å². The van der Waals surface area contributed by atoms with Gasteiger partial charge in [0, 0.05) is 5.56 Å². The Morgan fingerprint density at radius 2 is 1.78 bits per heavy atom. The number of aromatic nitrogens is 2. The van der Waals surface area contributed by atoms with Gasteiger partial charge in [-0.25, -0.2) is 9.97 Å². The SMILES string of the molecule is CC.CC(C)=Cc1nc2c(nc1NC(=O)Cc1ccc(O)cc1)CCc1cc(C)ccc1-2. The monoisotopic (exact) mass is 429 g/mol. The first-order chi connectivity index (χ1) is 15.4. The number of anilines is 1. The maximum absolute atomic E-state index is 12.6. The highest BCUT2D eigenvalue weighted by molar-refractivity contribution is 5.93. The van der Waals surface area contributed by atoms with Crippen LogP contribution in [0.2, 0.25) is 0 Å². The van der Waals surface area contributed by atoms with Gasteiger partial charge < -0.3 is 10.4 Å². The van der Waals surface area contributed by atoms with E-state index in [1.165, 1.54) is 11.1 Å². The molecule has 0 fully saturated rings. The van der Waals surface area contributed by atoms with Crippen molar-refractivity contribution in [1.29, 1.82) is 0 Å². The summed E-state index contributed by atoms with van der Waals surface area (Å²) in [4.78, 5) is 22.4. The standard InChI is InChI=1S/C25H25N3O2.C2H6/c1-15(2)12-22-25(28-23(30)14-17-5-8-19(29)9-6-17)27-21-11-7-18-13-16(3)4-10-20(18)24(21)26-22;1-2/h4-6,8-10,12-13,29H,7,11,14H2,1-3H3,(H,27,28,30);1-2H3. The lowest BCUT2D eigenvalue weighted by Crippen LogP contribution is -2.19. The molecular weight excluding hydrogens is 398 g/mol. The van der Waals surface area contributed by atoms with Gasteiger partial charge in [0.05, 0.1) is 17.8 Å². The summed E-state index contributed by atoms with van der Waals surface area (Å²) < 4.78 is 0. The van der Waals surface area contributed by atoms with Crippen molar-refractivity contribution in [2.45, 2.75) is 53.9 Å².